The number of Topliss-reactive ketones (excluding diaryl/α,β-unsaturated/α-hetero) is 1. The number of nitrogens with two attached hydrogens (primary N) is 1. The Morgan fingerprint density at radius 1 is 0.971 bits per heavy atom. The van der Waals surface area contributed by atoms with Gasteiger partial charge in [0.05, 0.1) is 11.1 Å². The van der Waals surface area contributed by atoms with Gasteiger partial charge in [-0.1, -0.05) is 30.3 Å². The lowest BCUT2D eigenvalue weighted by molar-refractivity contribution is -0.286. The van der Waals surface area contributed by atoms with Gasteiger partial charge in [0.15, 0.2) is 11.5 Å². The van der Waals surface area contributed by atoms with E-state index in [1.54, 1.807) is 6.07 Å². The second kappa shape index (κ2) is 7.09. The third-order valence-electron chi connectivity index (χ3n) is 7.23. The van der Waals surface area contributed by atoms with E-state index < -0.39 is 11.7 Å². The Kier molecular flexibility index (Phi) is 4.43. The van der Waals surface area contributed by atoms with E-state index in [4.69, 9.17) is 10.7 Å². The third kappa shape index (κ3) is 3.55. The van der Waals surface area contributed by atoms with Gasteiger partial charge in [-0.2, -0.15) is 0 Å². The van der Waals surface area contributed by atoms with Gasteiger partial charge >= 0.3 is 6.29 Å². The van der Waals surface area contributed by atoms with Crippen molar-refractivity contribution in [3.05, 3.63) is 77.0 Å². The van der Waals surface area contributed by atoms with Crippen molar-refractivity contribution in [2.75, 3.05) is 0 Å². The number of halogens is 2. The van der Waals surface area contributed by atoms with Crippen molar-refractivity contribution in [1.29, 1.82) is 0 Å². The highest BCUT2D eigenvalue weighted by Crippen LogP contribution is 2.52. The van der Waals surface area contributed by atoms with Crippen molar-refractivity contribution in [2.45, 2.75) is 56.3 Å². The van der Waals surface area contributed by atoms with Gasteiger partial charge in [-0.15, -0.1) is 8.78 Å². The molecule has 2 saturated carbocycles. The maximum atomic E-state index is 13.4. The smallest absolute Gasteiger partial charge is 0.395 e. The molecule has 0 unspecified atom stereocenters. The molecule has 0 spiro atoms. The number of alkyl halides is 2. The minimum Gasteiger partial charge on any atom is -0.395 e. The minimum atomic E-state index is -3.68. The van der Waals surface area contributed by atoms with Gasteiger partial charge in [0.1, 0.15) is 5.78 Å². The van der Waals surface area contributed by atoms with Crippen LogP contribution in [0.5, 0.6) is 11.5 Å². The van der Waals surface area contributed by atoms with Gasteiger partial charge in [-0.05, 0) is 73.6 Å². The summed E-state index contributed by atoms with van der Waals surface area (Å²) < 4.78 is 35.9. The summed E-state index contributed by atoms with van der Waals surface area (Å²) in [6.45, 7) is 2.00. The monoisotopic (exact) mass is 462 g/mol. The lowest BCUT2D eigenvalue weighted by atomic mass is 9.88. The number of aryl methyl sites for hydroxylation is 1. The highest BCUT2D eigenvalue weighted by atomic mass is 19.3. The molecule has 1 aromatic heterocycles. The van der Waals surface area contributed by atoms with E-state index in [2.05, 4.69) is 21.6 Å². The quantitative estimate of drug-likeness (QED) is 0.547. The molecule has 7 heteroatoms. The normalized spacial score (nSPS) is 20.1. The van der Waals surface area contributed by atoms with Crippen LogP contribution in [0, 0.1) is 6.92 Å². The van der Waals surface area contributed by atoms with Gasteiger partial charge in [-0.25, -0.2) is 0 Å². The van der Waals surface area contributed by atoms with Crippen LogP contribution in [-0.2, 0) is 22.2 Å². The molecule has 3 aliphatic rings. The summed E-state index contributed by atoms with van der Waals surface area (Å²) >= 11 is 0. The van der Waals surface area contributed by atoms with Crippen LogP contribution >= 0.6 is 0 Å². The van der Waals surface area contributed by atoms with Crippen molar-refractivity contribution in [3.8, 4) is 22.8 Å². The number of carbonyl (C=O) groups is 1. The number of nitrogens with zero attached hydrogens (tertiary/aromatic N) is 1. The molecular formula is C27H24F2N2O3. The summed E-state index contributed by atoms with van der Waals surface area (Å²) in [6.07, 6.45) is -0.209. The molecule has 3 aromatic rings. The number of hydrogen-bond donors (Lipinski definition) is 1. The standard InChI is InChI=1S/C27H24F2N2O3/c1-16-5-7-20(31-24(16)17-3-2-4-19(13-17)26(30)11-12-26)15-23(32)25(9-10-25)18-6-8-21-22(14-18)34-27(28,29)33-21/h2-8,13-14H,9-12,15,30H2,1H3. The molecular weight excluding hydrogens is 438 g/mol. The zero-order valence-electron chi connectivity index (χ0n) is 18.7. The Hall–Kier alpha value is -3.32. The Morgan fingerprint density at radius 2 is 1.74 bits per heavy atom. The Balaban J connectivity index is 1.26. The first kappa shape index (κ1) is 21.2. The summed E-state index contributed by atoms with van der Waals surface area (Å²) in [5.41, 5.74) is 10.8. The molecule has 0 atom stereocenters. The van der Waals surface area contributed by atoms with Crippen LogP contribution in [-0.4, -0.2) is 17.1 Å². The molecule has 5 nitrogen and oxygen atoms in total. The van der Waals surface area contributed by atoms with E-state index in [1.165, 1.54) is 12.1 Å². The second-order valence-electron chi connectivity index (χ2n) is 9.72. The number of hydrogen-bond acceptors (Lipinski definition) is 5. The molecule has 2 N–H and O–H groups in total. The highest BCUT2D eigenvalue weighted by Gasteiger charge is 2.52. The van der Waals surface area contributed by atoms with Gasteiger partial charge < -0.3 is 15.2 Å². The fraction of sp³-hybridized carbons (Fsp3) is 0.333. The number of carbonyl (C=O) groups excluding carboxylic acids is 1. The second-order valence-corrected chi connectivity index (χ2v) is 9.72. The van der Waals surface area contributed by atoms with Crippen LogP contribution in [0.2, 0.25) is 0 Å². The summed E-state index contributed by atoms with van der Waals surface area (Å²) in [5, 5.41) is 0. The van der Waals surface area contributed by atoms with Gasteiger partial charge in [0.2, 0.25) is 0 Å². The van der Waals surface area contributed by atoms with Crippen LogP contribution in [0.4, 0.5) is 8.78 Å². The average molecular weight is 462 g/mol. The maximum absolute atomic E-state index is 13.4. The molecule has 0 saturated heterocycles. The third-order valence-corrected chi connectivity index (χ3v) is 7.23. The SMILES string of the molecule is Cc1ccc(CC(=O)C2(c3ccc4c(c3)OC(F)(F)O4)CC2)nc1-c1cccc(C2(N)CC2)c1. The van der Waals surface area contributed by atoms with Gasteiger partial charge in [0.25, 0.3) is 0 Å². The van der Waals surface area contributed by atoms with Crippen molar-refractivity contribution in [3.63, 3.8) is 0 Å². The molecule has 2 aromatic carbocycles. The summed E-state index contributed by atoms with van der Waals surface area (Å²) in [5.74, 6) is -0.0341. The van der Waals surface area contributed by atoms with Gasteiger partial charge in [0, 0.05) is 23.2 Å². The zero-order valence-corrected chi connectivity index (χ0v) is 18.7. The highest BCUT2D eigenvalue weighted by molar-refractivity contribution is 5.94. The molecule has 0 amide bonds. The van der Waals surface area contributed by atoms with E-state index in [0.717, 1.165) is 35.2 Å². The number of fused-ring (bicyclic) bond motifs is 1. The zero-order chi connectivity index (χ0) is 23.7. The number of ether oxygens (including phenoxy) is 2. The van der Waals surface area contributed by atoms with Crippen LogP contribution in [0.15, 0.2) is 54.6 Å². The lowest BCUT2D eigenvalue weighted by Gasteiger charge is -2.16. The van der Waals surface area contributed by atoms with E-state index in [0.29, 0.717) is 24.1 Å². The van der Waals surface area contributed by atoms with Crippen LogP contribution in [0.1, 0.15) is 48.1 Å². The molecule has 2 fully saturated rings. The first-order valence-electron chi connectivity index (χ1n) is 11.5. The molecule has 34 heavy (non-hydrogen) atoms. The van der Waals surface area contributed by atoms with E-state index in [1.807, 2.05) is 31.2 Å². The van der Waals surface area contributed by atoms with Crippen LogP contribution < -0.4 is 15.2 Å². The van der Waals surface area contributed by atoms with E-state index >= 15 is 0 Å². The topological polar surface area (TPSA) is 74.4 Å². The van der Waals surface area contributed by atoms with Crippen LogP contribution in [0.25, 0.3) is 11.3 Å². The van der Waals surface area contributed by atoms with Crippen LogP contribution in [0.3, 0.4) is 0 Å². The Bertz CT molecular complexity index is 1330. The Labute approximate surface area is 195 Å². The molecule has 2 aliphatic carbocycles. The van der Waals surface area contributed by atoms with E-state index in [-0.39, 0.29) is 29.2 Å². The Morgan fingerprint density at radius 3 is 2.47 bits per heavy atom. The first-order valence-corrected chi connectivity index (χ1v) is 11.5. The number of benzene rings is 2. The summed E-state index contributed by atoms with van der Waals surface area (Å²) in [4.78, 5) is 18.2. The predicted octanol–water partition coefficient (Wildman–Crippen LogP) is 5.17. The van der Waals surface area contributed by atoms with Crippen molar-refractivity contribution < 1.29 is 23.0 Å². The molecule has 174 valence electrons. The fourth-order valence-corrected chi connectivity index (χ4v) is 4.79. The molecule has 2 heterocycles. The summed E-state index contributed by atoms with van der Waals surface area (Å²) in [6, 6.07) is 16.6. The number of pyridine rings is 1. The van der Waals surface area contributed by atoms with Gasteiger partial charge in [-0.3, -0.25) is 9.78 Å². The summed E-state index contributed by atoms with van der Waals surface area (Å²) in [7, 11) is 0. The number of aromatic nitrogens is 1. The average Bonchev–Trinajstić information content (AvgIpc) is 3.72. The van der Waals surface area contributed by atoms with E-state index in [9.17, 15) is 13.6 Å². The number of rotatable bonds is 6. The molecule has 0 radical (unpaired) electrons. The first-order chi connectivity index (χ1) is 16.2. The molecule has 1 aliphatic heterocycles. The molecule has 6 rings (SSSR count). The number of ketones is 1. The maximum Gasteiger partial charge on any atom is 0.586 e. The molecule has 0 bridgehead atoms. The predicted molar refractivity (Wildman–Crippen MR) is 122 cm³/mol. The lowest BCUT2D eigenvalue weighted by Crippen LogP contribution is -2.26. The van der Waals surface area contributed by atoms with Crippen molar-refractivity contribution >= 4 is 5.78 Å². The largest absolute Gasteiger partial charge is 0.586 e. The van der Waals surface area contributed by atoms with Crippen molar-refractivity contribution in [2.24, 2.45) is 5.73 Å². The van der Waals surface area contributed by atoms with Crippen molar-refractivity contribution in [1.82, 2.24) is 4.98 Å². The minimum absolute atomic E-state index is 0.0190. The fourth-order valence-electron chi connectivity index (χ4n) is 4.79.